The van der Waals surface area contributed by atoms with E-state index in [9.17, 15) is 9.59 Å². The van der Waals surface area contributed by atoms with Gasteiger partial charge in [-0.2, -0.15) is 0 Å². The van der Waals surface area contributed by atoms with Gasteiger partial charge in [0, 0.05) is 38.8 Å². The Balaban J connectivity index is 1.39. The van der Waals surface area contributed by atoms with Gasteiger partial charge in [-0.25, -0.2) is 0 Å². The fourth-order valence-corrected chi connectivity index (χ4v) is 3.09. The van der Waals surface area contributed by atoms with Gasteiger partial charge >= 0.3 is 0 Å². The standard InChI is InChI=1S/C15H26N4O3/c16-9-12-3-4-13(22-12)15(21)19-7-5-18(6-8-19)10-14(20)17-11-1-2-11/h11-13H,1-10,16H2,(H,17,20)/t12-,13+/m1/s1. The number of hydrogen-bond donors (Lipinski definition) is 2. The zero-order chi connectivity index (χ0) is 15.5. The number of ether oxygens (including phenoxy) is 1. The lowest BCUT2D eigenvalue weighted by Crippen LogP contribution is -2.53. The van der Waals surface area contributed by atoms with E-state index in [1.54, 1.807) is 0 Å². The second-order valence-electron chi connectivity index (χ2n) is 6.50. The van der Waals surface area contributed by atoms with Crippen molar-refractivity contribution >= 4 is 11.8 Å². The highest BCUT2D eigenvalue weighted by atomic mass is 16.5. The highest BCUT2D eigenvalue weighted by Gasteiger charge is 2.34. The van der Waals surface area contributed by atoms with Gasteiger partial charge in [-0.05, 0) is 25.7 Å². The molecule has 124 valence electrons. The number of amides is 2. The van der Waals surface area contributed by atoms with Crippen LogP contribution in [0.5, 0.6) is 0 Å². The zero-order valence-electron chi connectivity index (χ0n) is 13.0. The zero-order valence-corrected chi connectivity index (χ0v) is 13.0. The molecule has 0 bridgehead atoms. The van der Waals surface area contributed by atoms with Crippen LogP contribution in [-0.4, -0.2) is 79.1 Å². The molecule has 2 saturated heterocycles. The van der Waals surface area contributed by atoms with Gasteiger partial charge in [-0.1, -0.05) is 0 Å². The van der Waals surface area contributed by atoms with Crippen LogP contribution < -0.4 is 11.1 Å². The van der Waals surface area contributed by atoms with E-state index < -0.39 is 0 Å². The molecule has 7 heteroatoms. The molecule has 3 N–H and O–H groups in total. The number of carbonyl (C=O) groups excluding carboxylic acids is 2. The number of hydrogen-bond acceptors (Lipinski definition) is 5. The van der Waals surface area contributed by atoms with Gasteiger partial charge in [0.05, 0.1) is 12.6 Å². The topological polar surface area (TPSA) is 87.9 Å². The number of rotatable bonds is 5. The Morgan fingerprint density at radius 1 is 1.09 bits per heavy atom. The van der Waals surface area contributed by atoms with Crippen molar-refractivity contribution in [2.75, 3.05) is 39.3 Å². The molecule has 1 aliphatic carbocycles. The summed E-state index contributed by atoms with van der Waals surface area (Å²) in [6, 6.07) is 0.408. The molecule has 7 nitrogen and oxygen atoms in total. The Hall–Kier alpha value is -1.18. The van der Waals surface area contributed by atoms with E-state index in [2.05, 4.69) is 10.2 Å². The van der Waals surface area contributed by atoms with Gasteiger partial charge in [-0.15, -0.1) is 0 Å². The molecule has 0 aromatic rings. The summed E-state index contributed by atoms with van der Waals surface area (Å²) < 4.78 is 5.67. The molecule has 1 saturated carbocycles. The molecular weight excluding hydrogens is 284 g/mol. The largest absolute Gasteiger partial charge is 0.364 e. The Kier molecular flexibility index (Phi) is 4.95. The first-order chi connectivity index (χ1) is 10.7. The first-order valence-corrected chi connectivity index (χ1v) is 8.31. The van der Waals surface area contributed by atoms with Gasteiger partial charge in [0.15, 0.2) is 0 Å². The minimum Gasteiger partial charge on any atom is -0.364 e. The van der Waals surface area contributed by atoms with Crippen molar-refractivity contribution < 1.29 is 14.3 Å². The SMILES string of the molecule is NC[C@H]1CC[C@@H](C(=O)N2CCN(CC(=O)NC3CC3)CC2)O1. The number of nitrogens with zero attached hydrogens (tertiary/aromatic N) is 2. The molecule has 0 spiro atoms. The fourth-order valence-electron chi connectivity index (χ4n) is 3.09. The first kappa shape index (κ1) is 15.7. The molecule has 2 atom stereocenters. The molecule has 2 amide bonds. The molecule has 0 radical (unpaired) electrons. The minimum atomic E-state index is -0.321. The molecule has 0 unspecified atom stereocenters. The molecular formula is C15H26N4O3. The molecule has 3 aliphatic rings. The van der Waals surface area contributed by atoms with Gasteiger partial charge < -0.3 is 20.7 Å². The van der Waals surface area contributed by atoms with E-state index in [4.69, 9.17) is 10.5 Å². The summed E-state index contributed by atoms with van der Waals surface area (Å²) in [5, 5.41) is 3.00. The van der Waals surface area contributed by atoms with Crippen molar-refractivity contribution in [3.63, 3.8) is 0 Å². The Morgan fingerprint density at radius 3 is 2.41 bits per heavy atom. The third-order valence-electron chi connectivity index (χ3n) is 4.64. The normalized spacial score (nSPS) is 29.6. The van der Waals surface area contributed by atoms with Crippen LogP contribution in [0.1, 0.15) is 25.7 Å². The lowest BCUT2D eigenvalue weighted by atomic mass is 10.1. The van der Waals surface area contributed by atoms with E-state index in [1.807, 2.05) is 4.90 Å². The molecule has 0 aromatic heterocycles. The molecule has 0 aromatic carbocycles. The van der Waals surface area contributed by atoms with Crippen LogP contribution in [0.3, 0.4) is 0 Å². The van der Waals surface area contributed by atoms with Crippen LogP contribution in [0, 0.1) is 0 Å². The lowest BCUT2D eigenvalue weighted by Gasteiger charge is -2.35. The molecule has 3 fully saturated rings. The highest BCUT2D eigenvalue weighted by molar-refractivity contribution is 5.81. The lowest BCUT2D eigenvalue weighted by molar-refractivity contribution is -0.144. The summed E-state index contributed by atoms with van der Waals surface area (Å²) in [4.78, 5) is 28.2. The maximum absolute atomic E-state index is 12.4. The van der Waals surface area contributed by atoms with Crippen molar-refractivity contribution in [2.45, 2.75) is 43.9 Å². The smallest absolute Gasteiger partial charge is 0.251 e. The van der Waals surface area contributed by atoms with Crippen molar-refractivity contribution in [3.8, 4) is 0 Å². The summed E-state index contributed by atoms with van der Waals surface area (Å²) in [6.07, 6.45) is 3.57. The van der Waals surface area contributed by atoms with E-state index >= 15 is 0 Å². The van der Waals surface area contributed by atoms with Crippen LogP contribution in [0.25, 0.3) is 0 Å². The predicted molar refractivity (Wildman–Crippen MR) is 81.1 cm³/mol. The average Bonchev–Trinajstić information content (AvgIpc) is 3.20. The number of nitrogens with two attached hydrogens (primary N) is 1. The van der Waals surface area contributed by atoms with Gasteiger partial charge in [0.25, 0.3) is 5.91 Å². The van der Waals surface area contributed by atoms with Crippen molar-refractivity contribution in [3.05, 3.63) is 0 Å². The first-order valence-electron chi connectivity index (χ1n) is 8.31. The molecule has 2 aliphatic heterocycles. The minimum absolute atomic E-state index is 0.0290. The Bertz CT molecular complexity index is 419. The van der Waals surface area contributed by atoms with Gasteiger partial charge in [0.1, 0.15) is 6.10 Å². The summed E-state index contributed by atoms with van der Waals surface area (Å²) in [7, 11) is 0. The highest BCUT2D eigenvalue weighted by Crippen LogP contribution is 2.21. The predicted octanol–water partition coefficient (Wildman–Crippen LogP) is -1.08. The number of carbonyl (C=O) groups is 2. The number of nitrogens with one attached hydrogen (secondary N) is 1. The van der Waals surface area contributed by atoms with Crippen LogP contribution in [0.15, 0.2) is 0 Å². The average molecular weight is 310 g/mol. The summed E-state index contributed by atoms with van der Waals surface area (Å²) in [6.45, 7) is 3.75. The molecule has 2 heterocycles. The van der Waals surface area contributed by atoms with Gasteiger partial charge in [0.2, 0.25) is 5.91 Å². The third-order valence-corrected chi connectivity index (χ3v) is 4.64. The summed E-state index contributed by atoms with van der Waals surface area (Å²) in [5.74, 6) is 0.185. The number of piperazine rings is 1. The third kappa shape index (κ3) is 3.97. The second kappa shape index (κ2) is 6.93. The fraction of sp³-hybridized carbons (Fsp3) is 0.867. The van der Waals surface area contributed by atoms with Crippen molar-refractivity contribution in [1.29, 1.82) is 0 Å². The summed E-state index contributed by atoms with van der Waals surface area (Å²) in [5.41, 5.74) is 5.58. The van der Waals surface area contributed by atoms with E-state index in [1.165, 1.54) is 0 Å². The maximum atomic E-state index is 12.4. The molecule has 22 heavy (non-hydrogen) atoms. The van der Waals surface area contributed by atoms with Crippen LogP contribution in [-0.2, 0) is 14.3 Å². The van der Waals surface area contributed by atoms with Crippen LogP contribution in [0.4, 0.5) is 0 Å². The Labute approximate surface area is 131 Å². The van der Waals surface area contributed by atoms with Crippen LogP contribution >= 0.6 is 0 Å². The maximum Gasteiger partial charge on any atom is 0.251 e. The van der Waals surface area contributed by atoms with Crippen molar-refractivity contribution in [1.82, 2.24) is 15.1 Å². The second-order valence-corrected chi connectivity index (χ2v) is 6.50. The van der Waals surface area contributed by atoms with Crippen LogP contribution in [0.2, 0.25) is 0 Å². The summed E-state index contributed by atoms with van der Waals surface area (Å²) >= 11 is 0. The van der Waals surface area contributed by atoms with E-state index in [0.717, 1.165) is 38.8 Å². The van der Waals surface area contributed by atoms with Gasteiger partial charge in [-0.3, -0.25) is 14.5 Å². The molecule has 3 rings (SSSR count). The van der Waals surface area contributed by atoms with E-state index in [0.29, 0.717) is 32.2 Å². The van der Waals surface area contributed by atoms with E-state index in [-0.39, 0.29) is 24.0 Å². The Morgan fingerprint density at radius 2 is 1.82 bits per heavy atom. The quantitative estimate of drug-likeness (QED) is 0.674. The van der Waals surface area contributed by atoms with Crippen molar-refractivity contribution in [2.24, 2.45) is 5.73 Å². The monoisotopic (exact) mass is 310 g/mol.